The molecule has 18 heavy (non-hydrogen) atoms. The van der Waals surface area contributed by atoms with Gasteiger partial charge in [0.15, 0.2) is 0 Å². The van der Waals surface area contributed by atoms with E-state index in [1.54, 1.807) is 0 Å². The van der Waals surface area contributed by atoms with Crippen molar-refractivity contribution in [2.75, 3.05) is 17.3 Å². The molecule has 0 unspecified atom stereocenters. The highest BCUT2D eigenvalue weighted by molar-refractivity contribution is 9.10. The highest BCUT2D eigenvalue weighted by Crippen LogP contribution is 2.34. The summed E-state index contributed by atoms with van der Waals surface area (Å²) in [4.78, 5) is 11.4. The van der Waals surface area contributed by atoms with Gasteiger partial charge in [-0.3, -0.25) is 4.79 Å². The van der Waals surface area contributed by atoms with Crippen molar-refractivity contribution in [1.29, 1.82) is 0 Å². The first kappa shape index (κ1) is 13.9. The number of ether oxygens (including phenoxy) is 1. The first-order valence-corrected chi connectivity index (χ1v) is 7.93. The number of alkyl halides is 1. The lowest BCUT2D eigenvalue weighted by molar-refractivity contribution is -0.116. The van der Waals surface area contributed by atoms with Crippen molar-refractivity contribution in [2.24, 2.45) is 0 Å². The lowest BCUT2D eigenvalue weighted by atomic mass is 10.0. The highest BCUT2D eigenvalue weighted by atomic mass is 79.9. The van der Waals surface area contributed by atoms with Crippen LogP contribution in [0.4, 0.5) is 5.69 Å². The number of carbonyl (C=O) groups excluding carboxylic acids is 1. The van der Waals surface area contributed by atoms with E-state index in [4.69, 9.17) is 4.74 Å². The van der Waals surface area contributed by atoms with Gasteiger partial charge in [-0.2, -0.15) is 0 Å². The molecule has 0 fully saturated rings. The second-order valence-electron chi connectivity index (χ2n) is 4.23. The molecule has 1 amide bonds. The number of carbonyl (C=O) groups is 1. The molecule has 1 aliphatic rings. The van der Waals surface area contributed by atoms with E-state index in [1.807, 2.05) is 12.1 Å². The minimum Gasteiger partial charge on any atom is -0.492 e. The molecule has 1 aliphatic heterocycles. The van der Waals surface area contributed by atoms with Crippen LogP contribution in [0, 0.1) is 0 Å². The van der Waals surface area contributed by atoms with Crippen molar-refractivity contribution in [2.45, 2.75) is 25.7 Å². The zero-order valence-corrected chi connectivity index (χ0v) is 13.1. The third-order valence-corrected chi connectivity index (χ3v) is 4.02. The SMILES string of the molecule is O=C1CCc2cc(Br)c(OCCCCBr)cc2N1. The van der Waals surface area contributed by atoms with E-state index >= 15 is 0 Å². The Labute approximate surface area is 124 Å². The number of fused-ring (bicyclic) bond motifs is 1. The quantitative estimate of drug-likeness (QED) is 0.625. The molecule has 0 bridgehead atoms. The van der Waals surface area contributed by atoms with E-state index in [-0.39, 0.29) is 5.91 Å². The number of rotatable bonds is 5. The lowest BCUT2D eigenvalue weighted by Gasteiger charge is -2.19. The van der Waals surface area contributed by atoms with E-state index in [1.165, 1.54) is 0 Å². The Hall–Kier alpha value is -0.550. The number of halogens is 2. The normalized spacial score (nSPS) is 14.0. The number of benzene rings is 1. The highest BCUT2D eigenvalue weighted by Gasteiger charge is 2.17. The Balaban J connectivity index is 2.06. The molecule has 1 heterocycles. The summed E-state index contributed by atoms with van der Waals surface area (Å²) in [5.74, 6) is 0.876. The number of amides is 1. The number of hydrogen-bond donors (Lipinski definition) is 1. The molecule has 5 heteroatoms. The molecular weight excluding hydrogens is 362 g/mol. The van der Waals surface area contributed by atoms with Gasteiger partial charge in [0.2, 0.25) is 5.91 Å². The summed E-state index contributed by atoms with van der Waals surface area (Å²) >= 11 is 6.91. The van der Waals surface area contributed by atoms with Gasteiger partial charge in [0.05, 0.1) is 11.1 Å². The molecule has 0 atom stereocenters. The first-order chi connectivity index (χ1) is 8.70. The van der Waals surface area contributed by atoms with Gasteiger partial charge in [0.25, 0.3) is 0 Å². The Morgan fingerprint density at radius 3 is 2.89 bits per heavy atom. The smallest absolute Gasteiger partial charge is 0.224 e. The predicted molar refractivity (Wildman–Crippen MR) is 79.6 cm³/mol. The fourth-order valence-electron chi connectivity index (χ4n) is 1.87. The van der Waals surface area contributed by atoms with Crippen molar-refractivity contribution in [3.8, 4) is 5.75 Å². The minimum atomic E-state index is 0.0788. The Morgan fingerprint density at radius 1 is 1.28 bits per heavy atom. The summed E-state index contributed by atoms with van der Waals surface area (Å²) in [7, 11) is 0. The minimum absolute atomic E-state index is 0.0788. The second-order valence-corrected chi connectivity index (χ2v) is 5.88. The van der Waals surface area contributed by atoms with Crippen LogP contribution in [-0.2, 0) is 11.2 Å². The van der Waals surface area contributed by atoms with Gasteiger partial charge < -0.3 is 10.1 Å². The summed E-state index contributed by atoms with van der Waals surface area (Å²) in [5.41, 5.74) is 2.04. The van der Waals surface area contributed by atoms with Crippen LogP contribution < -0.4 is 10.1 Å². The largest absolute Gasteiger partial charge is 0.492 e. The van der Waals surface area contributed by atoms with Crippen LogP contribution in [0.3, 0.4) is 0 Å². The molecule has 0 saturated carbocycles. The maximum atomic E-state index is 11.4. The van der Waals surface area contributed by atoms with Crippen molar-refractivity contribution in [1.82, 2.24) is 0 Å². The van der Waals surface area contributed by atoms with E-state index in [0.717, 1.165) is 46.1 Å². The summed E-state index contributed by atoms with van der Waals surface area (Å²) in [6, 6.07) is 3.94. The zero-order valence-electron chi connectivity index (χ0n) is 9.97. The van der Waals surface area contributed by atoms with Crippen molar-refractivity contribution in [3.63, 3.8) is 0 Å². The molecule has 0 aromatic heterocycles. The van der Waals surface area contributed by atoms with Crippen LogP contribution in [0.15, 0.2) is 16.6 Å². The fourth-order valence-corrected chi connectivity index (χ4v) is 2.77. The lowest BCUT2D eigenvalue weighted by Crippen LogP contribution is -2.19. The number of aryl methyl sites for hydroxylation is 1. The van der Waals surface area contributed by atoms with E-state index in [0.29, 0.717) is 13.0 Å². The van der Waals surface area contributed by atoms with Crippen LogP contribution in [0.2, 0.25) is 0 Å². The van der Waals surface area contributed by atoms with Gasteiger partial charge in [-0.15, -0.1) is 0 Å². The third kappa shape index (κ3) is 3.48. The molecule has 0 radical (unpaired) electrons. The maximum Gasteiger partial charge on any atom is 0.224 e. The predicted octanol–water partition coefficient (Wildman–Crippen LogP) is 3.89. The molecule has 1 aromatic rings. The molecule has 98 valence electrons. The van der Waals surface area contributed by atoms with Gasteiger partial charge in [-0.05, 0) is 46.8 Å². The average Bonchev–Trinajstić information content (AvgIpc) is 2.35. The summed E-state index contributed by atoms with van der Waals surface area (Å²) in [6.45, 7) is 0.691. The topological polar surface area (TPSA) is 38.3 Å². The van der Waals surface area contributed by atoms with Gasteiger partial charge in [0.1, 0.15) is 5.75 Å². The Morgan fingerprint density at radius 2 is 2.11 bits per heavy atom. The van der Waals surface area contributed by atoms with E-state index in [2.05, 4.69) is 37.2 Å². The van der Waals surface area contributed by atoms with Gasteiger partial charge >= 0.3 is 0 Å². The van der Waals surface area contributed by atoms with Crippen LogP contribution in [-0.4, -0.2) is 17.8 Å². The molecule has 0 saturated heterocycles. The zero-order chi connectivity index (χ0) is 13.0. The number of hydrogen-bond acceptors (Lipinski definition) is 2. The van der Waals surface area contributed by atoms with Crippen molar-refractivity contribution >= 4 is 43.5 Å². The Kier molecular flexibility index (Phi) is 5.06. The van der Waals surface area contributed by atoms with E-state index in [9.17, 15) is 4.79 Å². The number of unbranched alkanes of at least 4 members (excludes halogenated alkanes) is 1. The molecule has 0 spiro atoms. The summed E-state index contributed by atoms with van der Waals surface area (Å²) in [6.07, 6.45) is 3.47. The molecular formula is C13H15Br2NO2. The second kappa shape index (κ2) is 6.57. The van der Waals surface area contributed by atoms with Gasteiger partial charge in [-0.1, -0.05) is 15.9 Å². The van der Waals surface area contributed by atoms with E-state index < -0.39 is 0 Å². The Bertz CT molecular complexity index is 449. The number of nitrogens with one attached hydrogen (secondary N) is 1. The molecule has 0 aliphatic carbocycles. The van der Waals surface area contributed by atoms with Crippen LogP contribution in [0.1, 0.15) is 24.8 Å². The van der Waals surface area contributed by atoms with Gasteiger partial charge in [-0.25, -0.2) is 0 Å². The average molecular weight is 377 g/mol. The van der Waals surface area contributed by atoms with Crippen LogP contribution >= 0.6 is 31.9 Å². The molecule has 2 rings (SSSR count). The first-order valence-electron chi connectivity index (χ1n) is 6.01. The fraction of sp³-hybridized carbons (Fsp3) is 0.462. The van der Waals surface area contributed by atoms with Crippen molar-refractivity contribution in [3.05, 3.63) is 22.2 Å². The van der Waals surface area contributed by atoms with Gasteiger partial charge in [0, 0.05) is 23.5 Å². The summed E-state index contributed by atoms with van der Waals surface area (Å²) in [5, 5.41) is 3.88. The molecule has 1 N–H and O–H groups in total. The van der Waals surface area contributed by atoms with Crippen LogP contribution in [0.5, 0.6) is 5.75 Å². The maximum absolute atomic E-state index is 11.4. The third-order valence-electron chi connectivity index (χ3n) is 2.84. The standard InChI is InChI=1S/C13H15Br2NO2/c14-5-1-2-6-18-12-8-11-9(7-10(12)15)3-4-13(17)16-11/h7-8H,1-6H2,(H,16,17). The summed E-state index contributed by atoms with van der Waals surface area (Å²) < 4.78 is 6.68. The number of anilines is 1. The monoisotopic (exact) mass is 375 g/mol. The molecule has 1 aromatic carbocycles. The molecule has 3 nitrogen and oxygen atoms in total. The van der Waals surface area contributed by atoms with Crippen LogP contribution in [0.25, 0.3) is 0 Å². The van der Waals surface area contributed by atoms with Crippen molar-refractivity contribution < 1.29 is 9.53 Å².